The van der Waals surface area contributed by atoms with E-state index in [0.717, 1.165) is 11.0 Å². The topological polar surface area (TPSA) is 128 Å². The van der Waals surface area contributed by atoms with Crippen molar-refractivity contribution in [2.24, 2.45) is 0 Å². The number of nitro groups is 1. The number of carbonyl (C=O) groups is 3. The lowest BCUT2D eigenvalue weighted by Crippen LogP contribution is -2.43. The van der Waals surface area contributed by atoms with Gasteiger partial charge in [0.2, 0.25) is 0 Å². The number of ether oxygens (including phenoxy) is 2. The molecule has 1 N–H and O–H groups in total. The molecule has 0 spiro atoms. The number of terminal acetylenes is 1. The van der Waals surface area contributed by atoms with Gasteiger partial charge in [0, 0.05) is 12.1 Å². The Morgan fingerprint density at radius 3 is 2.92 bits per heavy atom. The molecule has 10 nitrogen and oxygen atoms in total. The van der Waals surface area contributed by atoms with Gasteiger partial charge in [-0.05, 0) is 6.07 Å². The van der Waals surface area contributed by atoms with Gasteiger partial charge in [0.25, 0.3) is 17.5 Å². The lowest BCUT2D eigenvalue weighted by atomic mass is 10.2. The maximum absolute atomic E-state index is 12.0. The Bertz CT molecular complexity index is 769. The van der Waals surface area contributed by atoms with Crippen LogP contribution in [-0.2, 0) is 19.1 Å². The molecular weight excluding hydrogens is 334 g/mol. The van der Waals surface area contributed by atoms with Crippen molar-refractivity contribution >= 4 is 29.2 Å². The summed E-state index contributed by atoms with van der Waals surface area (Å²) < 4.78 is 9.93. The number of nitro benzene ring substituents is 1. The maximum atomic E-state index is 12.0. The average Bonchev–Trinajstić information content (AvgIpc) is 2.60. The summed E-state index contributed by atoms with van der Waals surface area (Å²) >= 11 is 0. The molecule has 0 aliphatic carbocycles. The van der Waals surface area contributed by atoms with Crippen LogP contribution in [-0.4, -0.2) is 49.0 Å². The fraction of sp³-hybridized carbons (Fsp3) is 0.267. The van der Waals surface area contributed by atoms with Gasteiger partial charge in [-0.1, -0.05) is 5.92 Å². The predicted molar refractivity (Wildman–Crippen MR) is 83.7 cm³/mol. The summed E-state index contributed by atoms with van der Waals surface area (Å²) in [6.07, 6.45) is 4.97. The highest BCUT2D eigenvalue weighted by Gasteiger charge is 2.29. The SMILES string of the molecule is C#CCNC(=O)COC(=O)CN1C(=O)COc2ccc([N+](=O)[O-])cc21. The smallest absolute Gasteiger partial charge is 0.326 e. The van der Waals surface area contributed by atoms with Crippen LogP contribution in [0.5, 0.6) is 5.75 Å². The van der Waals surface area contributed by atoms with Gasteiger partial charge in [-0.3, -0.25) is 29.4 Å². The van der Waals surface area contributed by atoms with Crippen molar-refractivity contribution in [1.29, 1.82) is 0 Å². The molecule has 2 rings (SSSR count). The summed E-state index contributed by atoms with van der Waals surface area (Å²) in [7, 11) is 0. The Hall–Kier alpha value is -3.61. The molecule has 1 heterocycles. The van der Waals surface area contributed by atoms with Crippen LogP contribution in [0.1, 0.15) is 0 Å². The Balaban J connectivity index is 2.07. The number of non-ortho nitro benzene ring substituents is 1. The van der Waals surface area contributed by atoms with Crippen molar-refractivity contribution in [3.63, 3.8) is 0 Å². The number of fused-ring (bicyclic) bond motifs is 1. The highest BCUT2D eigenvalue weighted by atomic mass is 16.6. The summed E-state index contributed by atoms with van der Waals surface area (Å²) in [5.74, 6) is 0.402. The molecule has 0 atom stereocenters. The number of nitrogens with zero attached hydrogens (tertiary/aromatic N) is 2. The molecule has 130 valence electrons. The third kappa shape index (κ3) is 4.44. The van der Waals surface area contributed by atoms with Crippen LogP contribution in [0.25, 0.3) is 0 Å². The number of carbonyl (C=O) groups excluding carboxylic acids is 3. The molecule has 0 bridgehead atoms. The molecular formula is C15H13N3O7. The standard InChI is InChI=1S/C15H13N3O7/c1-2-5-16-13(19)8-25-15(21)7-17-11-6-10(18(22)23)3-4-12(11)24-9-14(17)20/h1,3-4,6H,5,7-9H2,(H,16,19). The fourth-order valence-electron chi connectivity index (χ4n) is 2.00. The van der Waals surface area contributed by atoms with Gasteiger partial charge in [0.15, 0.2) is 13.2 Å². The van der Waals surface area contributed by atoms with Crippen LogP contribution in [0.3, 0.4) is 0 Å². The van der Waals surface area contributed by atoms with Crippen molar-refractivity contribution in [1.82, 2.24) is 5.32 Å². The maximum Gasteiger partial charge on any atom is 0.326 e. The Labute approximate surface area is 141 Å². The number of benzene rings is 1. The van der Waals surface area contributed by atoms with E-state index in [1.165, 1.54) is 12.1 Å². The van der Waals surface area contributed by atoms with Gasteiger partial charge in [-0.15, -0.1) is 6.42 Å². The molecule has 2 amide bonds. The summed E-state index contributed by atoms with van der Waals surface area (Å²) in [5, 5.41) is 13.2. The molecule has 10 heteroatoms. The van der Waals surface area contributed by atoms with Crippen LogP contribution < -0.4 is 15.0 Å². The fourth-order valence-corrected chi connectivity index (χ4v) is 2.00. The summed E-state index contributed by atoms with van der Waals surface area (Å²) in [6.45, 7) is -1.39. The summed E-state index contributed by atoms with van der Waals surface area (Å²) in [6, 6.07) is 3.69. The first-order chi connectivity index (χ1) is 11.9. The van der Waals surface area contributed by atoms with Crippen LogP contribution >= 0.6 is 0 Å². The zero-order valence-electron chi connectivity index (χ0n) is 12.9. The monoisotopic (exact) mass is 347 g/mol. The molecule has 0 unspecified atom stereocenters. The van der Waals surface area contributed by atoms with Crippen LogP contribution in [0.15, 0.2) is 18.2 Å². The minimum absolute atomic E-state index is 0.00459. The molecule has 1 aliphatic heterocycles. The van der Waals surface area contributed by atoms with E-state index < -0.39 is 35.9 Å². The van der Waals surface area contributed by atoms with Gasteiger partial charge in [0.1, 0.15) is 12.3 Å². The minimum Gasteiger partial charge on any atom is -0.482 e. The molecule has 1 aliphatic rings. The van der Waals surface area contributed by atoms with Crippen LogP contribution in [0.2, 0.25) is 0 Å². The Morgan fingerprint density at radius 2 is 2.24 bits per heavy atom. The average molecular weight is 347 g/mol. The zero-order valence-corrected chi connectivity index (χ0v) is 12.9. The van der Waals surface area contributed by atoms with E-state index in [0.29, 0.717) is 0 Å². The third-order valence-electron chi connectivity index (χ3n) is 3.14. The number of rotatable bonds is 6. The molecule has 0 fully saturated rings. The molecule has 0 saturated heterocycles. The second kappa shape index (κ2) is 7.78. The van der Waals surface area contributed by atoms with Crippen molar-refractivity contribution in [3.8, 4) is 18.1 Å². The highest BCUT2D eigenvalue weighted by molar-refractivity contribution is 6.01. The van der Waals surface area contributed by atoms with Crippen LogP contribution in [0.4, 0.5) is 11.4 Å². The second-order valence-electron chi connectivity index (χ2n) is 4.82. The number of nitrogens with one attached hydrogen (secondary N) is 1. The molecule has 1 aromatic rings. The van der Waals surface area contributed by atoms with Crippen molar-refractivity contribution in [3.05, 3.63) is 28.3 Å². The second-order valence-corrected chi connectivity index (χ2v) is 4.82. The lowest BCUT2D eigenvalue weighted by molar-refractivity contribution is -0.384. The highest BCUT2D eigenvalue weighted by Crippen LogP contribution is 2.35. The Kier molecular flexibility index (Phi) is 5.52. The number of esters is 1. The third-order valence-corrected chi connectivity index (χ3v) is 3.14. The van der Waals surface area contributed by atoms with E-state index in [4.69, 9.17) is 15.9 Å². The first-order valence-corrected chi connectivity index (χ1v) is 6.99. The first kappa shape index (κ1) is 17.7. The molecule has 0 aromatic heterocycles. The number of amides is 2. The quantitative estimate of drug-likeness (QED) is 0.321. The lowest BCUT2D eigenvalue weighted by Gasteiger charge is -2.28. The van der Waals surface area contributed by atoms with Gasteiger partial charge in [-0.25, -0.2) is 0 Å². The van der Waals surface area contributed by atoms with E-state index in [1.54, 1.807) is 0 Å². The van der Waals surface area contributed by atoms with Gasteiger partial charge in [-0.2, -0.15) is 0 Å². The molecule has 0 saturated carbocycles. The molecule has 25 heavy (non-hydrogen) atoms. The largest absolute Gasteiger partial charge is 0.482 e. The summed E-state index contributed by atoms with van der Waals surface area (Å²) in [5.41, 5.74) is -0.178. The van der Waals surface area contributed by atoms with Gasteiger partial charge >= 0.3 is 5.97 Å². The van der Waals surface area contributed by atoms with E-state index in [2.05, 4.69) is 11.2 Å². The number of hydrogen-bond acceptors (Lipinski definition) is 7. The Morgan fingerprint density at radius 1 is 1.48 bits per heavy atom. The number of hydrogen-bond donors (Lipinski definition) is 1. The minimum atomic E-state index is -0.858. The molecule has 0 radical (unpaired) electrons. The van der Waals surface area contributed by atoms with E-state index in [1.807, 2.05) is 0 Å². The van der Waals surface area contributed by atoms with E-state index in [9.17, 15) is 24.5 Å². The zero-order chi connectivity index (χ0) is 18.4. The van der Waals surface area contributed by atoms with Gasteiger partial charge in [0.05, 0.1) is 17.2 Å². The summed E-state index contributed by atoms with van der Waals surface area (Å²) in [4.78, 5) is 46.4. The first-order valence-electron chi connectivity index (χ1n) is 6.99. The normalized spacial score (nSPS) is 12.4. The van der Waals surface area contributed by atoms with Crippen molar-refractivity contribution in [2.75, 3.05) is 31.2 Å². The van der Waals surface area contributed by atoms with Crippen molar-refractivity contribution < 1.29 is 28.8 Å². The number of anilines is 1. The van der Waals surface area contributed by atoms with Gasteiger partial charge < -0.3 is 14.8 Å². The van der Waals surface area contributed by atoms with E-state index in [-0.39, 0.29) is 30.3 Å². The van der Waals surface area contributed by atoms with Crippen LogP contribution in [0, 0.1) is 22.5 Å². The van der Waals surface area contributed by atoms with Crippen molar-refractivity contribution in [2.45, 2.75) is 0 Å². The molecule has 1 aromatic carbocycles. The van der Waals surface area contributed by atoms with E-state index >= 15 is 0 Å². The predicted octanol–water partition coefficient (Wildman–Crippen LogP) is -0.387.